The van der Waals surface area contributed by atoms with E-state index in [1.807, 2.05) is 5.38 Å². The van der Waals surface area contributed by atoms with Gasteiger partial charge in [0.2, 0.25) is 0 Å². The van der Waals surface area contributed by atoms with Crippen LogP contribution in [0.4, 0.5) is 0 Å². The summed E-state index contributed by atoms with van der Waals surface area (Å²) in [6, 6.07) is 0. The number of hydrogen-bond acceptors (Lipinski definition) is 3. The van der Waals surface area contributed by atoms with Gasteiger partial charge in [0.05, 0.1) is 0 Å². The molecule has 0 fully saturated rings. The van der Waals surface area contributed by atoms with Crippen LogP contribution in [0.3, 0.4) is 0 Å². The molecule has 1 N–H and O–H groups in total. The molecule has 0 aliphatic carbocycles. The molecule has 1 heterocycles. The topological polar surface area (TPSA) is 33.1 Å². The maximum Gasteiger partial charge on any atom is 0.121 e. The van der Waals surface area contributed by atoms with Gasteiger partial charge < -0.3 is 5.11 Å². The van der Waals surface area contributed by atoms with Crippen LogP contribution < -0.4 is 0 Å². The summed E-state index contributed by atoms with van der Waals surface area (Å²) in [6.07, 6.45) is 3.49. The molecule has 0 aliphatic heterocycles. The van der Waals surface area contributed by atoms with Gasteiger partial charge in [-0.1, -0.05) is 6.08 Å². The predicted molar refractivity (Wildman–Crippen MR) is 41.9 cm³/mol. The smallest absolute Gasteiger partial charge is 0.121 e. The van der Waals surface area contributed by atoms with E-state index in [2.05, 4.69) is 11.6 Å². The van der Waals surface area contributed by atoms with Crippen LogP contribution in [0.5, 0.6) is 0 Å². The van der Waals surface area contributed by atoms with Crippen molar-refractivity contribution in [1.29, 1.82) is 0 Å². The summed E-state index contributed by atoms with van der Waals surface area (Å²) < 4.78 is 0. The first-order valence-corrected chi connectivity index (χ1v) is 3.91. The highest BCUT2D eigenvalue weighted by Crippen LogP contribution is 2.18. The van der Waals surface area contributed by atoms with E-state index in [0.29, 0.717) is 6.42 Å². The van der Waals surface area contributed by atoms with Crippen molar-refractivity contribution in [3.8, 4) is 0 Å². The van der Waals surface area contributed by atoms with E-state index in [9.17, 15) is 5.11 Å². The molecule has 0 saturated carbocycles. The Kier molecular flexibility index (Phi) is 2.59. The van der Waals surface area contributed by atoms with Gasteiger partial charge in [0.15, 0.2) is 0 Å². The number of thiazole rings is 1. The molecular weight excluding hydrogens is 146 g/mol. The minimum Gasteiger partial charge on any atom is -0.386 e. The van der Waals surface area contributed by atoms with Crippen LogP contribution in [0, 0.1) is 0 Å². The first kappa shape index (κ1) is 7.44. The maximum absolute atomic E-state index is 9.29. The molecule has 3 heteroatoms. The van der Waals surface area contributed by atoms with E-state index in [1.54, 1.807) is 12.3 Å². The molecule has 1 aromatic rings. The monoisotopic (exact) mass is 155 g/mol. The van der Waals surface area contributed by atoms with Gasteiger partial charge >= 0.3 is 0 Å². The molecule has 0 radical (unpaired) electrons. The molecule has 1 rings (SSSR count). The fraction of sp³-hybridized carbons (Fsp3) is 0.286. The number of aliphatic hydroxyl groups excluding tert-OH is 1. The third-order valence-electron chi connectivity index (χ3n) is 1.13. The van der Waals surface area contributed by atoms with Gasteiger partial charge in [-0.2, -0.15) is 0 Å². The third-order valence-corrected chi connectivity index (χ3v) is 2.00. The van der Waals surface area contributed by atoms with Crippen molar-refractivity contribution in [2.45, 2.75) is 12.5 Å². The van der Waals surface area contributed by atoms with E-state index < -0.39 is 6.10 Å². The highest BCUT2D eigenvalue weighted by atomic mass is 32.1. The number of aliphatic hydroxyl groups is 1. The summed E-state index contributed by atoms with van der Waals surface area (Å²) in [5.41, 5.74) is 0. The summed E-state index contributed by atoms with van der Waals surface area (Å²) in [5.74, 6) is 0. The quantitative estimate of drug-likeness (QED) is 0.674. The van der Waals surface area contributed by atoms with Crippen molar-refractivity contribution in [3.63, 3.8) is 0 Å². The summed E-state index contributed by atoms with van der Waals surface area (Å²) in [5, 5.41) is 11.9. The van der Waals surface area contributed by atoms with Crippen molar-refractivity contribution in [2.75, 3.05) is 0 Å². The molecule has 2 nitrogen and oxygen atoms in total. The molecule has 1 unspecified atom stereocenters. The van der Waals surface area contributed by atoms with Crippen LogP contribution in [0.2, 0.25) is 0 Å². The molecule has 0 amide bonds. The van der Waals surface area contributed by atoms with Crippen LogP contribution in [-0.4, -0.2) is 10.1 Å². The van der Waals surface area contributed by atoms with Crippen LogP contribution >= 0.6 is 11.3 Å². The highest BCUT2D eigenvalue weighted by molar-refractivity contribution is 7.09. The van der Waals surface area contributed by atoms with Crippen molar-refractivity contribution in [3.05, 3.63) is 29.2 Å². The van der Waals surface area contributed by atoms with Crippen LogP contribution in [-0.2, 0) is 0 Å². The van der Waals surface area contributed by atoms with Gasteiger partial charge in [-0.25, -0.2) is 4.98 Å². The second-order valence-electron chi connectivity index (χ2n) is 1.91. The summed E-state index contributed by atoms with van der Waals surface area (Å²) >= 11 is 1.46. The molecule has 0 aromatic carbocycles. The Bertz CT molecular complexity index is 195. The minimum absolute atomic E-state index is 0.461. The normalized spacial score (nSPS) is 12.9. The lowest BCUT2D eigenvalue weighted by molar-refractivity contribution is 0.181. The predicted octanol–water partition coefficient (Wildman–Crippen LogP) is 1.75. The van der Waals surface area contributed by atoms with Gasteiger partial charge in [-0.05, 0) is 6.42 Å². The molecule has 10 heavy (non-hydrogen) atoms. The first-order chi connectivity index (χ1) is 4.84. The second-order valence-corrected chi connectivity index (χ2v) is 2.84. The molecule has 0 saturated heterocycles. The standard InChI is InChI=1S/C7H9NOS/c1-2-3-6(9)7-8-4-5-10-7/h2,4-6,9H,1,3H2. The Morgan fingerprint density at radius 2 is 2.70 bits per heavy atom. The van der Waals surface area contributed by atoms with Gasteiger partial charge in [0, 0.05) is 11.6 Å². The largest absolute Gasteiger partial charge is 0.386 e. The lowest BCUT2D eigenvalue weighted by atomic mass is 10.3. The zero-order valence-electron chi connectivity index (χ0n) is 5.53. The average molecular weight is 155 g/mol. The average Bonchev–Trinajstić information content (AvgIpc) is 2.38. The number of rotatable bonds is 3. The van der Waals surface area contributed by atoms with Crippen molar-refractivity contribution >= 4 is 11.3 Å². The first-order valence-electron chi connectivity index (χ1n) is 3.03. The zero-order chi connectivity index (χ0) is 7.40. The van der Waals surface area contributed by atoms with Crippen molar-refractivity contribution in [1.82, 2.24) is 4.98 Å². The van der Waals surface area contributed by atoms with Crippen LogP contribution in [0.1, 0.15) is 17.5 Å². The fourth-order valence-corrected chi connectivity index (χ4v) is 1.29. The number of hydrogen-bond donors (Lipinski definition) is 1. The molecule has 1 aromatic heterocycles. The molecule has 0 spiro atoms. The number of nitrogens with zero attached hydrogens (tertiary/aromatic N) is 1. The third kappa shape index (κ3) is 1.65. The molecule has 0 aliphatic rings. The summed E-state index contributed by atoms with van der Waals surface area (Å²) in [6.45, 7) is 3.53. The Labute approximate surface area is 63.9 Å². The van der Waals surface area contributed by atoms with E-state index in [0.717, 1.165) is 5.01 Å². The van der Waals surface area contributed by atoms with Crippen LogP contribution in [0.15, 0.2) is 24.2 Å². The minimum atomic E-state index is -0.461. The molecule has 1 atom stereocenters. The lowest BCUT2D eigenvalue weighted by Gasteiger charge is -2.00. The Hall–Kier alpha value is -0.670. The van der Waals surface area contributed by atoms with E-state index >= 15 is 0 Å². The zero-order valence-corrected chi connectivity index (χ0v) is 6.34. The van der Waals surface area contributed by atoms with Gasteiger partial charge in [0.25, 0.3) is 0 Å². The van der Waals surface area contributed by atoms with Crippen molar-refractivity contribution in [2.24, 2.45) is 0 Å². The van der Waals surface area contributed by atoms with E-state index in [-0.39, 0.29) is 0 Å². The fourth-order valence-electron chi connectivity index (χ4n) is 0.658. The van der Waals surface area contributed by atoms with Gasteiger partial charge in [0.1, 0.15) is 11.1 Å². The van der Waals surface area contributed by atoms with E-state index in [4.69, 9.17) is 0 Å². The Morgan fingerprint density at radius 1 is 1.90 bits per heavy atom. The van der Waals surface area contributed by atoms with Crippen molar-refractivity contribution < 1.29 is 5.11 Å². The van der Waals surface area contributed by atoms with Crippen LogP contribution in [0.25, 0.3) is 0 Å². The highest BCUT2D eigenvalue weighted by Gasteiger charge is 2.06. The molecule has 0 bridgehead atoms. The summed E-state index contributed by atoms with van der Waals surface area (Å²) in [7, 11) is 0. The lowest BCUT2D eigenvalue weighted by Crippen LogP contribution is -1.93. The SMILES string of the molecule is C=CCC(O)c1nccs1. The van der Waals surface area contributed by atoms with Gasteiger partial charge in [-0.3, -0.25) is 0 Å². The Morgan fingerprint density at radius 3 is 3.20 bits per heavy atom. The van der Waals surface area contributed by atoms with E-state index in [1.165, 1.54) is 11.3 Å². The molecular formula is C7H9NOS. The maximum atomic E-state index is 9.29. The molecule has 54 valence electrons. The summed E-state index contributed by atoms with van der Waals surface area (Å²) in [4.78, 5) is 3.96. The Balaban J connectivity index is 2.58. The second kappa shape index (κ2) is 3.49. The van der Waals surface area contributed by atoms with Gasteiger partial charge in [-0.15, -0.1) is 17.9 Å². The number of aromatic nitrogens is 1.